The van der Waals surface area contributed by atoms with Crippen LogP contribution in [0.5, 0.6) is 0 Å². The molecule has 0 radical (unpaired) electrons. The molecule has 0 saturated carbocycles. The summed E-state index contributed by atoms with van der Waals surface area (Å²) < 4.78 is 8.04. The largest absolute Gasteiger partial charge is 0.383 e. The number of carbonyl (C=O) groups excluding carboxylic acids is 1. The lowest BCUT2D eigenvalue weighted by molar-refractivity contribution is -0.385. The van der Waals surface area contributed by atoms with E-state index in [0.29, 0.717) is 12.2 Å². The number of nitro groups is 1. The summed E-state index contributed by atoms with van der Waals surface area (Å²) >= 11 is 0. The lowest BCUT2D eigenvalue weighted by Crippen LogP contribution is -2.26. The van der Waals surface area contributed by atoms with Gasteiger partial charge in [-0.15, -0.1) is 0 Å². The van der Waals surface area contributed by atoms with Crippen molar-refractivity contribution in [2.24, 2.45) is 0 Å². The highest BCUT2D eigenvalue weighted by Crippen LogP contribution is 2.21. The number of nitrogens with zero attached hydrogens (tertiary/aromatic N) is 4. The Kier molecular flexibility index (Phi) is 5.92. The Hall–Kier alpha value is -3.25. The van der Waals surface area contributed by atoms with Crippen molar-refractivity contribution in [1.82, 2.24) is 9.13 Å². The molecule has 0 amide bonds. The first kappa shape index (κ1) is 20.1. The molecule has 2 aromatic rings. The Bertz CT molecular complexity index is 996. The summed E-state index contributed by atoms with van der Waals surface area (Å²) in [6, 6.07) is 4.27. The fourth-order valence-electron chi connectivity index (χ4n) is 3.21. The summed E-state index contributed by atoms with van der Waals surface area (Å²) in [4.78, 5) is 35.3. The number of rotatable bonds is 7. The van der Waals surface area contributed by atoms with Crippen LogP contribution in [0.2, 0.25) is 0 Å². The second-order valence-corrected chi connectivity index (χ2v) is 6.30. The van der Waals surface area contributed by atoms with Crippen LogP contribution in [0.25, 0.3) is 0 Å². The van der Waals surface area contributed by atoms with Crippen LogP contribution in [0.15, 0.2) is 23.1 Å². The number of ether oxygens (including phenoxy) is 1. The molecule has 142 valence electrons. The quantitative estimate of drug-likeness (QED) is 0.417. The topological polar surface area (TPSA) is 120 Å². The predicted octanol–water partition coefficient (Wildman–Crippen LogP) is 2.14. The smallest absolute Gasteiger partial charge is 0.287 e. The van der Waals surface area contributed by atoms with Gasteiger partial charge in [-0.3, -0.25) is 24.3 Å². The third kappa shape index (κ3) is 3.96. The Balaban J connectivity index is 2.43. The summed E-state index contributed by atoms with van der Waals surface area (Å²) in [6.07, 6.45) is 0.980. The van der Waals surface area contributed by atoms with Crippen molar-refractivity contribution in [2.45, 2.75) is 33.4 Å². The van der Waals surface area contributed by atoms with Gasteiger partial charge in [0, 0.05) is 30.1 Å². The standard InChI is InChI=1S/C18H20N4O5/c1-11-5-16(13(3)21(11)12(2)10-27-4)17(23)9-20-8-15(22(25)26)6-14(7-19)18(20)24/h5-6,8,12H,9-10H2,1-4H3. The van der Waals surface area contributed by atoms with E-state index in [1.807, 2.05) is 18.4 Å². The number of nitriles is 1. The zero-order valence-corrected chi connectivity index (χ0v) is 15.6. The molecule has 2 aromatic heterocycles. The highest BCUT2D eigenvalue weighted by molar-refractivity contribution is 5.97. The van der Waals surface area contributed by atoms with Gasteiger partial charge in [-0.1, -0.05) is 0 Å². The van der Waals surface area contributed by atoms with Crippen LogP contribution in [0.4, 0.5) is 5.69 Å². The van der Waals surface area contributed by atoms with Gasteiger partial charge in [0.2, 0.25) is 0 Å². The molecule has 0 aliphatic carbocycles. The summed E-state index contributed by atoms with van der Waals surface area (Å²) in [5.41, 5.74) is 0.477. The highest BCUT2D eigenvalue weighted by Gasteiger charge is 2.21. The molecular weight excluding hydrogens is 352 g/mol. The first-order valence-corrected chi connectivity index (χ1v) is 8.20. The SMILES string of the molecule is COCC(C)n1c(C)cc(C(=O)Cn2cc([N+](=O)[O-])cc(C#N)c2=O)c1C. The lowest BCUT2D eigenvalue weighted by Gasteiger charge is -2.17. The van der Waals surface area contributed by atoms with Gasteiger partial charge in [0.05, 0.1) is 30.3 Å². The van der Waals surface area contributed by atoms with Gasteiger partial charge in [-0.2, -0.15) is 5.26 Å². The third-order valence-corrected chi connectivity index (χ3v) is 4.35. The first-order chi connectivity index (χ1) is 12.7. The van der Waals surface area contributed by atoms with Crippen molar-refractivity contribution in [2.75, 3.05) is 13.7 Å². The van der Waals surface area contributed by atoms with Gasteiger partial charge >= 0.3 is 0 Å². The molecule has 0 aromatic carbocycles. The van der Waals surface area contributed by atoms with Crippen molar-refractivity contribution >= 4 is 11.5 Å². The normalized spacial score (nSPS) is 11.8. The number of hydrogen-bond acceptors (Lipinski definition) is 6. The Morgan fingerprint density at radius 3 is 2.63 bits per heavy atom. The molecule has 9 nitrogen and oxygen atoms in total. The van der Waals surface area contributed by atoms with E-state index in [1.165, 1.54) is 0 Å². The minimum absolute atomic E-state index is 0.0160. The number of Topliss-reactive ketones (excluding diaryl/α,β-unsaturated/α-hetero) is 1. The third-order valence-electron chi connectivity index (χ3n) is 4.35. The molecule has 0 fully saturated rings. The second-order valence-electron chi connectivity index (χ2n) is 6.30. The maximum atomic E-state index is 12.8. The number of ketones is 1. The molecule has 0 saturated heterocycles. The molecule has 2 rings (SSSR count). The van der Waals surface area contributed by atoms with Gasteiger partial charge in [0.15, 0.2) is 5.78 Å². The summed E-state index contributed by atoms with van der Waals surface area (Å²) in [5, 5.41) is 20.0. The minimum atomic E-state index is -0.738. The van der Waals surface area contributed by atoms with E-state index in [2.05, 4.69) is 0 Å². The maximum Gasteiger partial charge on any atom is 0.287 e. The van der Waals surface area contributed by atoms with E-state index in [-0.39, 0.29) is 17.4 Å². The summed E-state index contributed by atoms with van der Waals surface area (Å²) in [6.45, 7) is 5.70. The van der Waals surface area contributed by atoms with Gasteiger partial charge in [-0.05, 0) is 26.8 Å². The van der Waals surface area contributed by atoms with Gasteiger partial charge in [0.1, 0.15) is 11.6 Å². The van der Waals surface area contributed by atoms with Crippen molar-refractivity contribution in [3.63, 3.8) is 0 Å². The molecule has 1 atom stereocenters. The summed E-state index contributed by atoms with van der Waals surface area (Å²) in [7, 11) is 1.60. The molecule has 2 heterocycles. The van der Waals surface area contributed by atoms with Crippen LogP contribution in [-0.2, 0) is 11.3 Å². The highest BCUT2D eigenvalue weighted by atomic mass is 16.6. The van der Waals surface area contributed by atoms with E-state index in [1.54, 1.807) is 26.2 Å². The van der Waals surface area contributed by atoms with E-state index >= 15 is 0 Å². The van der Waals surface area contributed by atoms with Gasteiger partial charge < -0.3 is 9.30 Å². The number of hydrogen-bond donors (Lipinski definition) is 0. The monoisotopic (exact) mass is 372 g/mol. The molecule has 0 bridgehead atoms. The summed E-state index contributed by atoms with van der Waals surface area (Å²) in [5.74, 6) is -0.370. The number of methoxy groups -OCH3 is 1. The molecule has 0 N–H and O–H groups in total. The van der Waals surface area contributed by atoms with E-state index in [0.717, 1.165) is 28.2 Å². The average Bonchev–Trinajstić information content (AvgIpc) is 2.91. The zero-order valence-electron chi connectivity index (χ0n) is 15.6. The number of carbonyl (C=O) groups is 1. The molecular formula is C18H20N4O5. The molecule has 27 heavy (non-hydrogen) atoms. The number of pyridine rings is 1. The predicted molar refractivity (Wildman–Crippen MR) is 96.9 cm³/mol. The molecule has 0 aliphatic rings. The molecule has 0 spiro atoms. The Morgan fingerprint density at radius 1 is 1.41 bits per heavy atom. The lowest BCUT2D eigenvalue weighted by atomic mass is 10.1. The molecule has 9 heteroatoms. The van der Waals surface area contributed by atoms with E-state index in [4.69, 9.17) is 10.00 Å². The van der Waals surface area contributed by atoms with Crippen LogP contribution in [0, 0.1) is 35.3 Å². The molecule has 1 unspecified atom stereocenters. The van der Waals surface area contributed by atoms with Crippen LogP contribution in [0.3, 0.4) is 0 Å². The van der Waals surface area contributed by atoms with Crippen LogP contribution in [-0.4, -0.2) is 33.6 Å². The number of aromatic nitrogens is 2. The fraction of sp³-hybridized carbons (Fsp3) is 0.389. The molecule has 0 aliphatic heterocycles. The van der Waals surface area contributed by atoms with Crippen LogP contribution in [0.1, 0.15) is 40.3 Å². The van der Waals surface area contributed by atoms with Crippen LogP contribution >= 0.6 is 0 Å². The van der Waals surface area contributed by atoms with Crippen molar-refractivity contribution in [1.29, 1.82) is 5.26 Å². The second kappa shape index (κ2) is 7.97. The van der Waals surface area contributed by atoms with Gasteiger partial charge in [-0.25, -0.2) is 0 Å². The van der Waals surface area contributed by atoms with Crippen molar-refractivity contribution < 1.29 is 14.5 Å². The zero-order chi connectivity index (χ0) is 20.3. The maximum absolute atomic E-state index is 12.8. The fourth-order valence-corrected chi connectivity index (χ4v) is 3.21. The Labute approximate surface area is 155 Å². The van der Waals surface area contributed by atoms with Crippen molar-refractivity contribution in [3.05, 3.63) is 61.3 Å². The van der Waals surface area contributed by atoms with Crippen LogP contribution < -0.4 is 5.56 Å². The van der Waals surface area contributed by atoms with Gasteiger partial charge in [0.25, 0.3) is 11.2 Å². The average molecular weight is 372 g/mol. The number of aryl methyl sites for hydroxylation is 1. The minimum Gasteiger partial charge on any atom is -0.383 e. The Morgan fingerprint density at radius 2 is 2.07 bits per heavy atom. The van der Waals surface area contributed by atoms with E-state index in [9.17, 15) is 19.7 Å². The van der Waals surface area contributed by atoms with E-state index < -0.39 is 22.7 Å². The van der Waals surface area contributed by atoms with Crippen molar-refractivity contribution in [3.8, 4) is 6.07 Å². The first-order valence-electron chi connectivity index (χ1n) is 8.20.